The monoisotopic (exact) mass is 645 g/mol. The molecule has 230 valence electrons. The smallest absolute Gasteiger partial charge is 0.262 e. The van der Waals surface area contributed by atoms with Gasteiger partial charge >= 0.3 is 0 Å². The van der Waals surface area contributed by atoms with Gasteiger partial charge in [-0.15, -0.1) is 0 Å². The highest BCUT2D eigenvalue weighted by Gasteiger charge is 2.33. The van der Waals surface area contributed by atoms with Crippen LogP contribution in [0.25, 0.3) is 16.7 Å². The zero-order valence-corrected chi connectivity index (χ0v) is 25.7. The predicted octanol–water partition coefficient (Wildman–Crippen LogP) is 3.24. The molecule has 1 amide bonds. The van der Waals surface area contributed by atoms with Gasteiger partial charge in [0.1, 0.15) is 16.9 Å². The summed E-state index contributed by atoms with van der Waals surface area (Å²) >= 11 is 1.06. The summed E-state index contributed by atoms with van der Waals surface area (Å²) in [5, 5.41) is 16.1. The fourth-order valence-corrected chi connectivity index (χ4v) is 6.14. The normalized spacial score (nSPS) is 14.9. The van der Waals surface area contributed by atoms with Crippen LogP contribution in [-0.4, -0.2) is 64.8 Å². The third kappa shape index (κ3) is 6.18. The lowest BCUT2D eigenvalue weighted by atomic mass is 9.98. The first-order chi connectivity index (χ1) is 21.6. The van der Waals surface area contributed by atoms with Crippen LogP contribution in [0.1, 0.15) is 23.6 Å². The van der Waals surface area contributed by atoms with Crippen molar-refractivity contribution in [2.45, 2.75) is 22.5 Å². The number of amides is 1. The first-order valence-electron chi connectivity index (χ1n) is 13.6. The molecule has 3 heterocycles. The first-order valence-corrected chi connectivity index (χ1v) is 16.1. The van der Waals surface area contributed by atoms with Gasteiger partial charge in [0.25, 0.3) is 11.5 Å². The largest absolute Gasteiger partial charge is 0.497 e. The van der Waals surface area contributed by atoms with Crippen molar-refractivity contribution >= 4 is 44.4 Å². The molecule has 45 heavy (non-hydrogen) atoms. The molecule has 13 nitrogen and oxygen atoms in total. The molecular weight excluding hydrogens is 619 g/mol. The van der Waals surface area contributed by atoms with E-state index in [-0.39, 0.29) is 38.8 Å². The number of sulfonamides is 1. The number of carbonyl (C=O) groups is 1. The fraction of sp³-hybridized carbons (Fsp3) is 0.167. The number of nitrogens with zero attached hydrogens (tertiary/aromatic N) is 5. The average molecular weight is 646 g/mol. The molecule has 6 rings (SSSR count). The molecule has 3 N–H and O–H groups in total. The Morgan fingerprint density at radius 1 is 1.00 bits per heavy atom. The van der Waals surface area contributed by atoms with E-state index in [0.29, 0.717) is 23.6 Å². The Morgan fingerprint density at radius 3 is 2.27 bits per heavy atom. The molecule has 0 saturated carbocycles. The molecule has 1 aliphatic heterocycles. The number of fused-ring (bicyclic) bond motifs is 1. The van der Waals surface area contributed by atoms with Crippen LogP contribution in [0, 0.1) is 0 Å². The Morgan fingerprint density at radius 2 is 1.64 bits per heavy atom. The van der Waals surface area contributed by atoms with Crippen molar-refractivity contribution in [1.82, 2.24) is 24.8 Å². The molecule has 0 saturated heterocycles. The Hall–Kier alpha value is -4.99. The maximum Gasteiger partial charge on any atom is 0.262 e. The van der Waals surface area contributed by atoms with E-state index in [0.717, 1.165) is 28.6 Å². The number of thioether (sulfide) groups is 1. The van der Waals surface area contributed by atoms with E-state index in [1.54, 1.807) is 14.2 Å². The Labute approximate surface area is 261 Å². The van der Waals surface area contributed by atoms with Gasteiger partial charge in [0.15, 0.2) is 10.8 Å². The van der Waals surface area contributed by atoms with E-state index in [1.165, 1.54) is 40.2 Å². The van der Waals surface area contributed by atoms with Crippen molar-refractivity contribution in [3.8, 4) is 17.2 Å². The third-order valence-corrected chi connectivity index (χ3v) is 9.04. The number of aromatic amines is 1. The first kappa shape index (κ1) is 30.1. The highest BCUT2D eigenvalue weighted by atomic mass is 32.2. The lowest BCUT2D eigenvalue weighted by Crippen LogP contribution is -2.28. The van der Waals surface area contributed by atoms with Gasteiger partial charge in [-0.1, -0.05) is 23.9 Å². The van der Waals surface area contributed by atoms with Crippen molar-refractivity contribution < 1.29 is 22.7 Å². The number of aromatic nitrogens is 4. The van der Waals surface area contributed by atoms with Crippen LogP contribution in [0.3, 0.4) is 0 Å². The number of H-pyrrole nitrogens is 1. The zero-order chi connectivity index (χ0) is 31.7. The number of ether oxygens (including phenoxy) is 2. The maximum absolute atomic E-state index is 13.7. The van der Waals surface area contributed by atoms with Gasteiger partial charge in [-0.3, -0.25) is 9.59 Å². The number of benzene rings is 3. The number of hydrazone groups is 1. The van der Waals surface area contributed by atoms with Crippen LogP contribution in [0.4, 0.5) is 0 Å². The van der Waals surface area contributed by atoms with E-state index in [4.69, 9.17) is 19.7 Å². The summed E-state index contributed by atoms with van der Waals surface area (Å²) < 4.78 is 35.3. The van der Waals surface area contributed by atoms with Crippen LogP contribution < -0.4 is 20.2 Å². The number of rotatable bonds is 9. The SMILES string of the molecule is COc1ccc(C2=NN(C(=O)CSc3nc4c(cnn4-c4ccc(S(N)(=O)=O)cc4)c(=O)[nH]3)C(c3ccc(OC)cc3)C2)cc1. The minimum absolute atomic E-state index is 0.0578. The van der Waals surface area contributed by atoms with Crippen molar-refractivity contribution in [2.75, 3.05) is 20.0 Å². The van der Waals surface area contributed by atoms with Gasteiger partial charge in [0.2, 0.25) is 10.0 Å². The second kappa shape index (κ2) is 12.2. The Bertz CT molecular complexity index is 2080. The quantitative estimate of drug-likeness (QED) is 0.180. The number of hydrogen-bond donors (Lipinski definition) is 2. The Balaban J connectivity index is 1.26. The molecule has 0 spiro atoms. The molecule has 1 unspecified atom stereocenters. The predicted molar refractivity (Wildman–Crippen MR) is 168 cm³/mol. The molecule has 3 aromatic carbocycles. The number of hydrogen-bond acceptors (Lipinski definition) is 10. The van der Waals surface area contributed by atoms with Crippen LogP contribution >= 0.6 is 11.8 Å². The number of nitrogens with one attached hydrogen (secondary N) is 1. The van der Waals surface area contributed by atoms with E-state index >= 15 is 0 Å². The van der Waals surface area contributed by atoms with Gasteiger partial charge in [0, 0.05) is 6.42 Å². The van der Waals surface area contributed by atoms with Gasteiger partial charge in [-0.2, -0.15) is 10.2 Å². The summed E-state index contributed by atoms with van der Waals surface area (Å²) in [6.07, 6.45) is 1.87. The maximum atomic E-state index is 13.7. The van der Waals surface area contributed by atoms with E-state index in [1.807, 2.05) is 48.5 Å². The second-order valence-corrected chi connectivity index (χ2v) is 12.5. The molecule has 0 bridgehead atoms. The number of nitrogens with two attached hydrogens (primary N) is 1. The molecule has 1 atom stereocenters. The van der Waals surface area contributed by atoms with E-state index in [2.05, 4.69) is 15.1 Å². The molecule has 0 radical (unpaired) electrons. The number of carbonyl (C=O) groups excluding carboxylic acids is 1. The topological polar surface area (TPSA) is 175 Å². The summed E-state index contributed by atoms with van der Waals surface area (Å²) in [6, 6.07) is 20.4. The van der Waals surface area contributed by atoms with Crippen molar-refractivity contribution in [3.63, 3.8) is 0 Å². The summed E-state index contributed by atoms with van der Waals surface area (Å²) in [6.45, 7) is 0. The fourth-order valence-electron chi connectivity index (χ4n) is 4.91. The standard InChI is InChI=1S/C30H27N7O6S2/c1-42-21-9-3-18(4-10-21)25-15-26(19-5-11-22(43-2)12-6-19)37(35-25)27(38)17-44-30-33-28-24(29(39)34-30)16-32-36(28)20-7-13-23(14-8-20)45(31,40)41/h3-14,16,26H,15,17H2,1-2H3,(H2,31,40,41)(H,33,34,39). The minimum atomic E-state index is -3.87. The molecule has 5 aromatic rings. The molecule has 15 heteroatoms. The molecule has 0 aliphatic carbocycles. The molecule has 0 fully saturated rings. The van der Waals surface area contributed by atoms with Crippen molar-refractivity contribution in [3.05, 3.63) is 100 Å². The highest BCUT2D eigenvalue weighted by molar-refractivity contribution is 7.99. The lowest BCUT2D eigenvalue weighted by Gasteiger charge is -2.22. The van der Waals surface area contributed by atoms with Gasteiger partial charge in [0.05, 0.1) is 48.5 Å². The van der Waals surface area contributed by atoms with Gasteiger partial charge < -0.3 is 14.5 Å². The van der Waals surface area contributed by atoms with Crippen LogP contribution in [-0.2, 0) is 14.8 Å². The second-order valence-electron chi connectivity index (χ2n) is 10.00. The molecular formula is C30H27N7O6S2. The summed E-state index contributed by atoms with van der Waals surface area (Å²) in [4.78, 5) is 33.7. The van der Waals surface area contributed by atoms with Crippen LogP contribution in [0.15, 0.2) is 98.9 Å². The summed E-state index contributed by atoms with van der Waals surface area (Å²) in [5.41, 5.74) is 2.81. The van der Waals surface area contributed by atoms with Gasteiger partial charge in [-0.05, 0) is 71.8 Å². The van der Waals surface area contributed by atoms with Crippen molar-refractivity contribution in [2.24, 2.45) is 10.2 Å². The molecule has 2 aromatic heterocycles. The van der Waals surface area contributed by atoms with E-state index < -0.39 is 15.6 Å². The zero-order valence-electron chi connectivity index (χ0n) is 24.1. The highest BCUT2D eigenvalue weighted by Crippen LogP contribution is 2.34. The number of methoxy groups -OCH3 is 2. The van der Waals surface area contributed by atoms with Gasteiger partial charge in [-0.25, -0.2) is 28.2 Å². The summed E-state index contributed by atoms with van der Waals surface area (Å²) in [7, 11) is -0.682. The van der Waals surface area contributed by atoms with Crippen LogP contribution in [0.5, 0.6) is 11.5 Å². The molecule has 1 aliphatic rings. The average Bonchev–Trinajstić information content (AvgIpc) is 3.69. The summed E-state index contributed by atoms with van der Waals surface area (Å²) in [5.74, 6) is 1.08. The van der Waals surface area contributed by atoms with Crippen LogP contribution in [0.2, 0.25) is 0 Å². The van der Waals surface area contributed by atoms with Crippen molar-refractivity contribution in [1.29, 1.82) is 0 Å². The number of primary sulfonamides is 1. The van der Waals surface area contributed by atoms with E-state index in [9.17, 15) is 18.0 Å². The minimum Gasteiger partial charge on any atom is -0.497 e. The lowest BCUT2D eigenvalue weighted by molar-refractivity contribution is -0.130. The third-order valence-electron chi connectivity index (χ3n) is 7.25. The Kier molecular flexibility index (Phi) is 8.14.